The monoisotopic (exact) mass is 276 g/mol. The van der Waals surface area contributed by atoms with Crippen LogP contribution in [-0.2, 0) is 0 Å². The molecule has 20 heavy (non-hydrogen) atoms. The minimum Gasteiger partial charge on any atom is -0.393 e. The molecular weight excluding hydrogens is 252 g/mol. The van der Waals surface area contributed by atoms with Crippen molar-refractivity contribution in [3.05, 3.63) is 29.6 Å². The van der Waals surface area contributed by atoms with E-state index in [1.807, 2.05) is 24.0 Å². The van der Waals surface area contributed by atoms with Crippen LogP contribution in [-0.4, -0.2) is 39.6 Å². The first kappa shape index (κ1) is 15.0. The molecule has 2 unspecified atom stereocenters. The summed E-state index contributed by atoms with van der Waals surface area (Å²) in [5, 5.41) is 9.66. The summed E-state index contributed by atoms with van der Waals surface area (Å²) in [5.41, 5.74) is 1.38. The number of likely N-dealkylation sites (tertiary alicyclic amines) is 1. The molecule has 0 spiro atoms. The molecule has 0 radical (unpaired) electrons. The van der Waals surface area contributed by atoms with Gasteiger partial charge < -0.3 is 10.0 Å². The smallest absolute Gasteiger partial charge is 0.272 e. The second-order valence-electron chi connectivity index (χ2n) is 5.75. The van der Waals surface area contributed by atoms with Gasteiger partial charge in [-0.1, -0.05) is 18.9 Å². The predicted molar refractivity (Wildman–Crippen MR) is 78.6 cm³/mol. The van der Waals surface area contributed by atoms with Crippen LogP contribution in [0.4, 0.5) is 0 Å². The van der Waals surface area contributed by atoms with Gasteiger partial charge in [-0.15, -0.1) is 0 Å². The third-order valence-corrected chi connectivity index (χ3v) is 3.86. The van der Waals surface area contributed by atoms with Gasteiger partial charge in [0.25, 0.3) is 5.91 Å². The third kappa shape index (κ3) is 3.79. The van der Waals surface area contributed by atoms with Crippen LogP contribution in [0, 0.1) is 6.92 Å². The van der Waals surface area contributed by atoms with Crippen molar-refractivity contribution in [3.8, 4) is 0 Å². The fraction of sp³-hybridized carbons (Fsp3) is 0.625. The molecule has 1 aliphatic rings. The molecule has 110 valence electrons. The summed E-state index contributed by atoms with van der Waals surface area (Å²) in [6, 6.07) is 5.68. The summed E-state index contributed by atoms with van der Waals surface area (Å²) in [6.45, 7) is 4.46. The lowest BCUT2D eigenvalue weighted by molar-refractivity contribution is 0.0601. The van der Waals surface area contributed by atoms with Crippen molar-refractivity contribution in [1.29, 1.82) is 0 Å². The highest BCUT2D eigenvalue weighted by atomic mass is 16.3. The first-order valence-corrected chi connectivity index (χ1v) is 7.50. The summed E-state index contributed by atoms with van der Waals surface area (Å²) in [4.78, 5) is 18.9. The van der Waals surface area contributed by atoms with Crippen molar-refractivity contribution in [3.63, 3.8) is 0 Å². The molecule has 1 aromatic rings. The number of nitrogens with zero attached hydrogens (tertiary/aromatic N) is 2. The van der Waals surface area contributed by atoms with E-state index in [0.717, 1.165) is 37.9 Å². The zero-order chi connectivity index (χ0) is 14.5. The van der Waals surface area contributed by atoms with E-state index >= 15 is 0 Å². The van der Waals surface area contributed by atoms with E-state index in [0.29, 0.717) is 12.1 Å². The molecule has 2 heterocycles. The molecule has 1 saturated heterocycles. The van der Waals surface area contributed by atoms with Gasteiger partial charge in [0.2, 0.25) is 0 Å². The quantitative estimate of drug-likeness (QED) is 0.923. The second-order valence-corrected chi connectivity index (χ2v) is 5.75. The number of hydrogen-bond acceptors (Lipinski definition) is 3. The number of aliphatic hydroxyl groups excluding tert-OH is 1. The van der Waals surface area contributed by atoms with Gasteiger partial charge in [0, 0.05) is 18.3 Å². The standard InChI is InChI=1S/C16H24N2O2/c1-12-7-6-9-15(17-12)16(20)18-10-5-3-4-8-14(18)11-13(2)19/h6-7,9,13-14,19H,3-5,8,10-11H2,1-2H3. The SMILES string of the molecule is Cc1cccc(C(=O)N2CCCCCC2CC(C)O)n1. The van der Waals surface area contributed by atoms with E-state index in [2.05, 4.69) is 4.98 Å². The van der Waals surface area contributed by atoms with Gasteiger partial charge in [-0.2, -0.15) is 0 Å². The highest BCUT2D eigenvalue weighted by molar-refractivity contribution is 5.92. The molecule has 1 fully saturated rings. The van der Waals surface area contributed by atoms with Crippen LogP contribution < -0.4 is 0 Å². The van der Waals surface area contributed by atoms with E-state index in [1.165, 1.54) is 0 Å². The molecule has 1 N–H and O–H groups in total. The largest absolute Gasteiger partial charge is 0.393 e. The topological polar surface area (TPSA) is 53.4 Å². The van der Waals surface area contributed by atoms with Crippen LogP contribution in [0.15, 0.2) is 18.2 Å². The van der Waals surface area contributed by atoms with E-state index < -0.39 is 0 Å². The van der Waals surface area contributed by atoms with Crippen molar-refractivity contribution >= 4 is 5.91 Å². The summed E-state index contributed by atoms with van der Waals surface area (Å²) >= 11 is 0. The third-order valence-electron chi connectivity index (χ3n) is 3.86. The number of hydrogen-bond donors (Lipinski definition) is 1. The zero-order valence-corrected chi connectivity index (χ0v) is 12.4. The Labute approximate surface area is 120 Å². The van der Waals surface area contributed by atoms with Gasteiger partial charge in [-0.05, 0) is 45.2 Å². The first-order valence-electron chi connectivity index (χ1n) is 7.50. The molecule has 1 amide bonds. The minimum atomic E-state index is -0.376. The lowest BCUT2D eigenvalue weighted by Gasteiger charge is -2.30. The molecule has 2 atom stereocenters. The van der Waals surface area contributed by atoms with E-state index in [1.54, 1.807) is 13.0 Å². The number of pyridine rings is 1. The van der Waals surface area contributed by atoms with Crippen LogP contribution in [0.25, 0.3) is 0 Å². The second kappa shape index (κ2) is 6.84. The van der Waals surface area contributed by atoms with Crippen LogP contribution in [0.5, 0.6) is 0 Å². The first-order chi connectivity index (χ1) is 9.58. The fourth-order valence-electron chi connectivity index (χ4n) is 2.89. The number of aryl methyl sites for hydroxylation is 1. The number of aliphatic hydroxyl groups is 1. The van der Waals surface area contributed by atoms with Gasteiger partial charge >= 0.3 is 0 Å². The minimum absolute atomic E-state index is 0.00116. The van der Waals surface area contributed by atoms with Gasteiger partial charge in [0.1, 0.15) is 5.69 Å². The number of carbonyl (C=O) groups excluding carboxylic acids is 1. The Hall–Kier alpha value is -1.42. The number of carbonyl (C=O) groups is 1. The average Bonchev–Trinajstić information content (AvgIpc) is 2.63. The molecule has 0 aromatic carbocycles. The van der Waals surface area contributed by atoms with E-state index in [4.69, 9.17) is 0 Å². The summed E-state index contributed by atoms with van der Waals surface area (Å²) in [7, 11) is 0. The van der Waals surface area contributed by atoms with Gasteiger partial charge in [-0.3, -0.25) is 4.79 Å². The lowest BCUT2D eigenvalue weighted by Crippen LogP contribution is -2.41. The maximum absolute atomic E-state index is 12.7. The van der Waals surface area contributed by atoms with Crippen LogP contribution >= 0.6 is 0 Å². The van der Waals surface area contributed by atoms with Crippen LogP contribution in [0.2, 0.25) is 0 Å². The number of aromatic nitrogens is 1. The Morgan fingerprint density at radius 2 is 2.25 bits per heavy atom. The summed E-state index contributed by atoms with van der Waals surface area (Å²) in [5.74, 6) is 0.00116. The van der Waals surface area contributed by atoms with Gasteiger partial charge in [-0.25, -0.2) is 4.98 Å². The van der Waals surface area contributed by atoms with Crippen molar-refractivity contribution < 1.29 is 9.90 Å². The molecule has 1 aromatic heterocycles. The maximum atomic E-state index is 12.7. The predicted octanol–water partition coefficient (Wildman–Crippen LogP) is 2.55. The van der Waals surface area contributed by atoms with Crippen LogP contribution in [0.1, 0.15) is 55.2 Å². The van der Waals surface area contributed by atoms with Crippen molar-refractivity contribution in [2.24, 2.45) is 0 Å². The molecule has 0 saturated carbocycles. The number of rotatable bonds is 3. The molecule has 1 aliphatic heterocycles. The Morgan fingerprint density at radius 1 is 1.45 bits per heavy atom. The Kier molecular flexibility index (Phi) is 5.12. The van der Waals surface area contributed by atoms with Crippen LogP contribution in [0.3, 0.4) is 0 Å². The van der Waals surface area contributed by atoms with Gasteiger partial charge in [0.15, 0.2) is 0 Å². The maximum Gasteiger partial charge on any atom is 0.272 e. The molecule has 0 bridgehead atoms. The Bertz CT molecular complexity index is 460. The number of amides is 1. The summed E-state index contributed by atoms with van der Waals surface area (Å²) in [6.07, 6.45) is 4.57. The highest BCUT2D eigenvalue weighted by Gasteiger charge is 2.27. The average molecular weight is 276 g/mol. The summed E-state index contributed by atoms with van der Waals surface area (Å²) < 4.78 is 0. The van der Waals surface area contributed by atoms with Crippen molar-refractivity contribution in [1.82, 2.24) is 9.88 Å². The molecule has 4 nitrogen and oxygen atoms in total. The lowest BCUT2D eigenvalue weighted by atomic mass is 10.0. The highest BCUT2D eigenvalue weighted by Crippen LogP contribution is 2.22. The van der Waals surface area contributed by atoms with Gasteiger partial charge in [0.05, 0.1) is 6.10 Å². The van der Waals surface area contributed by atoms with E-state index in [9.17, 15) is 9.90 Å². The normalized spacial score (nSPS) is 21.4. The molecule has 0 aliphatic carbocycles. The van der Waals surface area contributed by atoms with Crippen molar-refractivity contribution in [2.45, 2.75) is 58.1 Å². The van der Waals surface area contributed by atoms with Crippen molar-refractivity contribution in [2.75, 3.05) is 6.54 Å². The Balaban J connectivity index is 2.19. The Morgan fingerprint density at radius 3 is 2.95 bits per heavy atom. The zero-order valence-electron chi connectivity index (χ0n) is 12.4. The molecule has 4 heteroatoms. The molecular formula is C16H24N2O2. The van der Waals surface area contributed by atoms with E-state index in [-0.39, 0.29) is 18.1 Å². The molecule has 2 rings (SSSR count). The fourth-order valence-corrected chi connectivity index (χ4v) is 2.89.